The maximum atomic E-state index is 3.47. The van der Waals surface area contributed by atoms with Gasteiger partial charge in [0, 0.05) is 44.3 Å². The van der Waals surface area contributed by atoms with Gasteiger partial charge in [-0.15, -0.1) is 0 Å². The number of nitrogens with one attached hydrogen (secondary N) is 1. The van der Waals surface area contributed by atoms with Gasteiger partial charge in [0.15, 0.2) is 0 Å². The molecule has 3 aliphatic rings. The monoisotopic (exact) mass is 251 g/mol. The van der Waals surface area contributed by atoms with Crippen molar-refractivity contribution in [3.05, 3.63) is 0 Å². The maximum absolute atomic E-state index is 3.47. The number of hydrogen-bond donors (Lipinski definition) is 1. The molecule has 1 saturated heterocycles. The summed E-state index contributed by atoms with van der Waals surface area (Å²) in [5.74, 6) is 0. The second kappa shape index (κ2) is 5.48. The van der Waals surface area contributed by atoms with Crippen LogP contribution >= 0.6 is 0 Å². The Hall–Kier alpha value is -0.120. The van der Waals surface area contributed by atoms with Gasteiger partial charge in [0.25, 0.3) is 0 Å². The topological polar surface area (TPSA) is 18.5 Å². The van der Waals surface area contributed by atoms with Crippen molar-refractivity contribution in [1.82, 2.24) is 15.1 Å². The van der Waals surface area contributed by atoms with E-state index in [1.165, 1.54) is 77.7 Å². The number of rotatable bonds is 4. The highest BCUT2D eigenvalue weighted by molar-refractivity contribution is 4.98. The summed E-state index contributed by atoms with van der Waals surface area (Å²) >= 11 is 0. The lowest BCUT2D eigenvalue weighted by atomic mass is 9.79. The van der Waals surface area contributed by atoms with Crippen LogP contribution in [0.3, 0.4) is 0 Å². The third-order valence-corrected chi connectivity index (χ3v) is 5.34. The quantitative estimate of drug-likeness (QED) is 0.820. The van der Waals surface area contributed by atoms with E-state index in [0.717, 1.165) is 6.04 Å². The second-order valence-corrected chi connectivity index (χ2v) is 6.57. The van der Waals surface area contributed by atoms with Crippen LogP contribution in [-0.2, 0) is 0 Å². The lowest BCUT2D eigenvalue weighted by Crippen LogP contribution is -2.61. The highest BCUT2D eigenvalue weighted by atomic mass is 15.3. The predicted octanol–water partition coefficient (Wildman–Crippen LogP) is 1.69. The fraction of sp³-hybridized carbons (Fsp3) is 1.00. The van der Waals surface area contributed by atoms with Gasteiger partial charge in [-0.3, -0.25) is 9.80 Å². The van der Waals surface area contributed by atoms with E-state index in [0.29, 0.717) is 5.54 Å². The SMILES string of the molecule is CNCC1(N2CCN(C3CC3)CC2)CCCCC1. The standard InChI is InChI=1S/C15H29N3/c1-16-13-15(7-3-2-4-8-15)18-11-9-17(10-12-18)14-5-6-14/h14,16H,2-13H2,1H3. The first kappa shape index (κ1) is 12.9. The molecule has 18 heavy (non-hydrogen) atoms. The number of likely N-dealkylation sites (N-methyl/N-ethyl adjacent to an activating group) is 1. The molecule has 0 atom stereocenters. The Morgan fingerprint density at radius 3 is 2.22 bits per heavy atom. The van der Waals surface area contributed by atoms with Gasteiger partial charge in [-0.1, -0.05) is 19.3 Å². The third kappa shape index (κ3) is 2.59. The molecule has 0 radical (unpaired) electrons. The minimum atomic E-state index is 0.489. The molecular weight excluding hydrogens is 222 g/mol. The van der Waals surface area contributed by atoms with Gasteiger partial charge in [-0.2, -0.15) is 0 Å². The van der Waals surface area contributed by atoms with Crippen molar-refractivity contribution in [2.24, 2.45) is 0 Å². The van der Waals surface area contributed by atoms with Crippen LogP contribution in [0.2, 0.25) is 0 Å². The molecule has 3 fully saturated rings. The summed E-state index contributed by atoms with van der Waals surface area (Å²) in [5.41, 5.74) is 0.489. The Morgan fingerprint density at radius 2 is 1.67 bits per heavy atom. The smallest absolute Gasteiger partial charge is 0.0334 e. The average molecular weight is 251 g/mol. The molecule has 0 unspecified atom stereocenters. The third-order valence-electron chi connectivity index (χ3n) is 5.34. The van der Waals surface area contributed by atoms with E-state index in [1.54, 1.807) is 0 Å². The van der Waals surface area contributed by atoms with Gasteiger partial charge in [0.05, 0.1) is 0 Å². The first-order chi connectivity index (χ1) is 8.84. The van der Waals surface area contributed by atoms with Crippen LogP contribution in [0.5, 0.6) is 0 Å². The minimum Gasteiger partial charge on any atom is -0.318 e. The van der Waals surface area contributed by atoms with Crippen molar-refractivity contribution in [2.45, 2.75) is 56.5 Å². The first-order valence-corrected chi connectivity index (χ1v) is 7.98. The van der Waals surface area contributed by atoms with E-state index in [1.807, 2.05) is 0 Å². The summed E-state index contributed by atoms with van der Waals surface area (Å²) in [6, 6.07) is 0.957. The molecule has 0 aromatic rings. The van der Waals surface area contributed by atoms with Crippen molar-refractivity contribution in [3.63, 3.8) is 0 Å². The Bertz CT molecular complexity index is 255. The van der Waals surface area contributed by atoms with Crippen LogP contribution in [-0.4, -0.2) is 61.2 Å². The molecule has 0 aromatic carbocycles. The van der Waals surface area contributed by atoms with Gasteiger partial charge < -0.3 is 5.32 Å². The van der Waals surface area contributed by atoms with Crippen LogP contribution in [0.25, 0.3) is 0 Å². The van der Waals surface area contributed by atoms with Gasteiger partial charge in [0.1, 0.15) is 0 Å². The van der Waals surface area contributed by atoms with Crippen LogP contribution in [0.1, 0.15) is 44.9 Å². The minimum absolute atomic E-state index is 0.489. The van der Waals surface area contributed by atoms with Crippen LogP contribution < -0.4 is 5.32 Å². The van der Waals surface area contributed by atoms with Crippen molar-refractivity contribution in [1.29, 1.82) is 0 Å². The highest BCUT2D eigenvalue weighted by Gasteiger charge is 2.40. The zero-order chi connectivity index (χ0) is 12.4. The lowest BCUT2D eigenvalue weighted by molar-refractivity contribution is 0.00680. The summed E-state index contributed by atoms with van der Waals surface area (Å²) < 4.78 is 0. The van der Waals surface area contributed by atoms with Crippen molar-refractivity contribution >= 4 is 0 Å². The summed E-state index contributed by atoms with van der Waals surface area (Å²) in [6.45, 7) is 6.43. The van der Waals surface area contributed by atoms with E-state index < -0.39 is 0 Å². The van der Waals surface area contributed by atoms with Crippen LogP contribution in [0, 0.1) is 0 Å². The van der Waals surface area contributed by atoms with Crippen LogP contribution in [0.4, 0.5) is 0 Å². The second-order valence-electron chi connectivity index (χ2n) is 6.57. The molecule has 1 aliphatic heterocycles. The summed E-state index contributed by atoms with van der Waals surface area (Å²) in [6.07, 6.45) is 10.1. The largest absolute Gasteiger partial charge is 0.318 e. The first-order valence-electron chi connectivity index (χ1n) is 7.98. The Kier molecular flexibility index (Phi) is 3.92. The molecular formula is C15H29N3. The zero-order valence-electron chi connectivity index (χ0n) is 12.0. The van der Waals surface area contributed by atoms with Crippen LogP contribution in [0.15, 0.2) is 0 Å². The molecule has 3 rings (SSSR count). The van der Waals surface area contributed by atoms with Crippen molar-refractivity contribution < 1.29 is 0 Å². The van der Waals surface area contributed by atoms with Crippen molar-refractivity contribution in [2.75, 3.05) is 39.8 Å². The number of hydrogen-bond acceptors (Lipinski definition) is 3. The van der Waals surface area contributed by atoms with Gasteiger partial charge >= 0.3 is 0 Å². The predicted molar refractivity (Wildman–Crippen MR) is 75.9 cm³/mol. The highest BCUT2D eigenvalue weighted by Crippen LogP contribution is 2.35. The fourth-order valence-corrected chi connectivity index (χ4v) is 4.14. The van der Waals surface area contributed by atoms with E-state index >= 15 is 0 Å². The molecule has 104 valence electrons. The molecule has 0 bridgehead atoms. The van der Waals surface area contributed by atoms with E-state index in [4.69, 9.17) is 0 Å². The summed E-state index contributed by atoms with van der Waals surface area (Å²) in [7, 11) is 2.12. The van der Waals surface area contributed by atoms with Gasteiger partial charge in [-0.25, -0.2) is 0 Å². The lowest BCUT2D eigenvalue weighted by Gasteiger charge is -2.50. The maximum Gasteiger partial charge on any atom is 0.0334 e. The number of piperazine rings is 1. The molecule has 1 heterocycles. The van der Waals surface area contributed by atoms with Gasteiger partial charge in [0.2, 0.25) is 0 Å². The summed E-state index contributed by atoms with van der Waals surface area (Å²) in [5, 5.41) is 3.47. The summed E-state index contributed by atoms with van der Waals surface area (Å²) in [4.78, 5) is 5.55. The fourth-order valence-electron chi connectivity index (χ4n) is 4.14. The molecule has 0 spiro atoms. The average Bonchev–Trinajstić information content (AvgIpc) is 3.25. The normalized spacial score (nSPS) is 30.5. The molecule has 0 aromatic heterocycles. The van der Waals surface area contributed by atoms with Crippen molar-refractivity contribution in [3.8, 4) is 0 Å². The number of nitrogens with zero attached hydrogens (tertiary/aromatic N) is 2. The van der Waals surface area contributed by atoms with E-state index in [2.05, 4.69) is 22.2 Å². The Morgan fingerprint density at radius 1 is 1.00 bits per heavy atom. The van der Waals surface area contributed by atoms with E-state index in [9.17, 15) is 0 Å². The molecule has 2 aliphatic carbocycles. The molecule has 2 saturated carbocycles. The zero-order valence-corrected chi connectivity index (χ0v) is 12.0. The Labute approximate surface area is 112 Å². The molecule has 3 heteroatoms. The van der Waals surface area contributed by atoms with E-state index in [-0.39, 0.29) is 0 Å². The molecule has 1 N–H and O–H groups in total. The molecule has 0 amide bonds. The van der Waals surface area contributed by atoms with Gasteiger partial charge in [-0.05, 0) is 32.7 Å². The molecule has 3 nitrogen and oxygen atoms in total. The Balaban J connectivity index is 1.60.